The number of rotatable bonds is 4. The van der Waals surface area contributed by atoms with Gasteiger partial charge in [-0.25, -0.2) is 0 Å². The summed E-state index contributed by atoms with van der Waals surface area (Å²) in [6, 6.07) is 61.4. The monoisotopic (exact) mass is 914 g/mol. The van der Waals surface area contributed by atoms with Crippen LogP contribution >= 0.6 is 11.3 Å². The number of aryl methyl sites for hydroxylation is 1. The predicted octanol–water partition coefficient (Wildman–Crippen LogP) is 17.3. The average Bonchev–Trinajstić information content (AvgIpc) is 3.69. The molecule has 2 nitrogen and oxygen atoms in total. The van der Waals surface area contributed by atoms with Gasteiger partial charge in [0, 0.05) is 54.0 Å². The molecule has 0 amide bonds. The molecule has 0 saturated carbocycles. The molecule has 12 rings (SSSR count). The number of hydrogen-bond donors (Lipinski definition) is 0. The first-order valence-electron chi connectivity index (χ1n) is 25.2. The van der Waals surface area contributed by atoms with Crippen molar-refractivity contribution in [3.8, 4) is 33.4 Å². The minimum absolute atomic E-state index is 0.0291. The molecular weight excluding hydrogens is 852 g/mol. The van der Waals surface area contributed by atoms with Crippen molar-refractivity contribution in [2.75, 3.05) is 9.71 Å². The molecule has 0 fully saturated rings. The first-order chi connectivity index (χ1) is 32.9. The highest BCUT2D eigenvalue weighted by atomic mass is 32.1. The second-order valence-corrected chi connectivity index (χ2v) is 24.8. The smallest absolute Gasteiger partial charge is 0.333 e. The fourth-order valence-electron chi connectivity index (χ4n) is 12.0. The van der Waals surface area contributed by atoms with Gasteiger partial charge in [-0.2, -0.15) is 0 Å². The highest BCUT2D eigenvalue weighted by Crippen LogP contribution is 2.55. The molecule has 69 heavy (non-hydrogen) atoms. The molecule has 3 aliphatic rings. The number of hydrogen-bond acceptors (Lipinski definition) is 3. The fourth-order valence-corrected chi connectivity index (χ4v) is 13.1. The molecule has 4 heteroatoms. The van der Waals surface area contributed by atoms with Crippen LogP contribution in [0.5, 0.6) is 0 Å². The van der Waals surface area contributed by atoms with Crippen LogP contribution in [0.3, 0.4) is 0 Å². The number of anilines is 5. The van der Waals surface area contributed by atoms with Crippen LogP contribution < -0.4 is 20.6 Å². The number of fused-ring (bicyclic) bond motifs is 8. The summed E-state index contributed by atoms with van der Waals surface area (Å²) in [6.07, 6.45) is 2.32. The van der Waals surface area contributed by atoms with Gasteiger partial charge in [0.15, 0.2) is 0 Å². The highest BCUT2D eigenvalue weighted by molar-refractivity contribution is 7.26. The van der Waals surface area contributed by atoms with Crippen LogP contribution in [-0.2, 0) is 21.7 Å². The molecule has 0 N–H and O–H groups in total. The lowest BCUT2D eigenvalue weighted by Gasteiger charge is -2.48. The van der Waals surface area contributed by atoms with Gasteiger partial charge in [0.25, 0.3) is 0 Å². The second-order valence-electron chi connectivity index (χ2n) is 23.7. The maximum atomic E-state index is 2.75. The van der Waals surface area contributed by atoms with Gasteiger partial charge in [-0.3, -0.25) is 0 Å². The summed E-state index contributed by atoms with van der Waals surface area (Å²) in [5.74, 6) is 0. The van der Waals surface area contributed by atoms with Crippen molar-refractivity contribution in [3.63, 3.8) is 0 Å². The summed E-state index contributed by atoms with van der Waals surface area (Å²) in [5.41, 5.74) is 23.5. The Balaban J connectivity index is 1.27. The Kier molecular flexibility index (Phi) is 9.75. The van der Waals surface area contributed by atoms with E-state index in [1.54, 1.807) is 0 Å². The van der Waals surface area contributed by atoms with E-state index in [0.717, 1.165) is 12.8 Å². The minimum atomic E-state index is -0.116. The normalized spacial score (nSPS) is 15.8. The van der Waals surface area contributed by atoms with E-state index in [1.807, 2.05) is 11.3 Å². The van der Waals surface area contributed by atoms with Crippen LogP contribution in [-0.4, -0.2) is 6.85 Å². The molecule has 0 saturated heterocycles. The molecular formula is C65H63BN2S. The lowest BCUT2D eigenvalue weighted by molar-refractivity contribution is 0.332. The molecule has 342 valence electrons. The van der Waals surface area contributed by atoms with E-state index < -0.39 is 0 Å². The lowest BCUT2D eigenvalue weighted by Crippen LogP contribution is -2.61. The van der Waals surface area contributed by atoms with Gasteiger partial charge in [-0.1, -0.05) is 166 Å². The predicted molar refractivity (Wildman–Crippen MR) is 301 cm³/mol. The summed E-state index contributed by atoms with van der Waals surface area (Å²) >= 11 is 1.91. The van der Waals surface area contributed by atoms with Crippen LogP contribution in [0.15, 0.2) is 158 Å². The van der Waals surface area contributed by atoms with E-state index >= 15 is 0 Å². The minimum Gasteiger partial charge on any atom is -0.376 e. The van der Waals surface area contributed by atoms with Crippen LogP contribution in [0.25, 0.3) is 53.6 Å². The van der Waals surface area contributed by atoms with Gasteiger partial charge >= 0.3 is 6.85 Å². The van der Waals surface area contributed by atoms with Crippen molar-refractivity contribution in [2.45, 2.75) is 111 Å². The van der Waals surface area contributed by atoms with Gasteiger partial charge in [0.05, 0.1) is 5.69 Å². The van der Waals surface area contributed by atoms with E-state index in [4.69, 9.17) is 0 Å². The van der Waals surface area contributed by atoms with Crippen molar-refractivity contribution in [1.29, 1.82) is 0 Å². The summed E-state index contributed by atoms with van der Waals surface area (Å²) in [7, 11) is 0. The molecule has 0 radical (unpaired) electrons. The molecule has 0 atom stereocenters. The Morgan fingerprint density at radius 2 is 1.13 bits per heavy atom. The molecule has 2 aliphatic heterocycles. The van der Waals surface area contributed by atoms with Gasteiger partial charge < -0.3 is 9.71 Å². The SMILES string of the molecule is Cc1ccccc1-c1cc2c3c(c1)N(c1ccc(C(C)(C)C)cc1-c1ccccc1)c1cc4sc5ccccc5c4cc1B3N(c1ccc(C(C)(C)C)cc1)c1cc3c(cc1-2)C(C)(C)CCC3(C)C. The van der Waals surface area contributed by atoms with Crippen LogP contribution in [0, 0.1) is 6.92 Å². The highest BCUT2D eigenvalue weighted by Gasteiger charge is 2.48. The first kappa shape index (κ1) is 43.9. The molecule has 8 aromatic carbocycles. The Labute approximate surface area is 414 Å². The van der Waals surface area contributed by atoms with Crippen molar-refractivity contribution < 1.29 is 0 Å². The molecule has 0 bridgehead atoms. The third-order valence-corrected chi connectivity index (χ3v) is 17.3. The third-order valence-electron chi connectivity index (χ3n) is 16.2. The van der Waals surface area contributed by atoms with Crippen LogP contribution in [0.1, 0.15) is 110 Å². The van der Waals surface area contributed by atoms with Gasteiger partial charge in [-0.05, 0) is 163 Å². The fraction of sp³-hybridized carbons (Fsp3) is 0.262. The number of nitrogens with zero attached hydrogens (tertiary/aromatic N) is 2. The van der Waals surface area contributed by atoms with Crippen molar-refractivity contribution in [3.05, 3.63) is 186 Å². The summed E-state index contributed by atoms with van der Waals surface area (Å²) < 4.78 is 2.63. The summed E-state index contributed by atoms with van der Waals surface area (Å²) in [5, 5.41) is 2.65. The van der Waals surface area contributed by atoms with E-state index in [9.17, 15) is 0 Å². The zero-order chi connectivity index (χ0) is 47.9. The topological polar surface area (TPSA) is 6.48 Å². The Bertz CT molecular complexity index is 3540. The van der Waals surface area contributed by atoms with E-state index in [0.29, 0.717) is 0 Å². The average molecular weight is 915 g/mol. The second kappa shape index (κ2) is 15.3. The van der Waals surface area contributed by atoms with Crippen LogP contribution in [0.2, 0.25) is 0 Å². The van der Waals surface area contributed by atoms with E-state index in [-0.39, 0.29) is 28.5 Å². The Morgan fingerprint density at radius 3 is 1.84 bits per heavy atom. The standard InChI is InChI=1S/C65H63BN2S/c1-40-19-15-16-22-46(40)42-33-51-49-36-52-53(65(10,11)32-31-64(52,8)9)38-56(49)68(45-28-25-43(26-29-45)62(2,3)4)66-54-37-50-47-23-17-18-24-59(47)69-60(50)39-57(54)67(58(34-42)61(51)66)55-30-27-44(63(5,6)7)35-48(55)41-20-13-12-14-21-41/h12-30,33-39H,31-32H2,1-11H3. The Hall–Kier alpha value is -6.36. The molecule has 3 heterocycles. The quantitative estimate of drug-likeness (QED) is 0.162. The molecule has 9 aromatic rings. The number of benzene rings is 8. The molecule has 1 aromatic heterocycles. The van der Waals surface area contributed by atoms with Crippen molar-refractivity contribution >= 4 is 77.7 Å². The van der Waals surface area contributed by atoms with E-state index in [1.165, 1.54) is 121 Å². The Morgan fingerprint density at radius 1 is 0.478 bits per heavy atom. The maximum absolute atomic E-state index is 2.75. The number of thiophene rings is 1. The first-order valence-corrected chi connectivity index (χ1v) is 26.0. The zero-order valence-electron chi connectivity index (χ0n) is 42.3. The zero-order valence-corrected chi connectivity index (χ0v) is 43.1. The van der Waals surface area contributed by atoms with Gasteiger partial charge in [0.1, 0.15) is 0 Å². The summed E-state index contributed by atoms with van der Waals surface area (Å²) in [6.45, 7) is 26.0. The summed E-state index contributed by atoms with van der Waals surface area (Å²) in [4.78, 5) is 5.42. The molecule has 0 spiro atoms. The van der Waals surface area contributed by atoms with Gasteiger partial charge in [-0.15, -0.1) is 11.3 Å². The third kappa shape index (κ3) is 6.95. The largest absolute Gasteiger partial charge is 0.376 e. The lowest BCUT2D eigenvalue weighted by atomic mass is 9.43. The molecule has 1 aliphatic carbocycles. The van der Waals surface area contributed by atoms with E-state index in [2.05, 4.69) is 244 Å². The van der Waals surface area contributed by atoms with Crippen molar-refractivity contribution in [1.82, 2.24) is 0 Å². The maximum Gasteiger partial charge on any atom is 0.333 e. The van der Waals surface area contributed by atoms with Gasteiger partial charge in [0.2, 0.25) is 0 Å². The van der Waals surface area contributed by atoms with Crippen molar-refractivity contribution in [2.24, 2.45) is 0 Å². The van der Waals surface area contributed by atoms with Crippen LogP contribution in [0.4, 0.5) is 28.4 Å². The molecule has 0 unspecified atom stereocenters.